The van der Waals surface area contributed by atoms with Crippen molar-refractivity contribution in [2.75, 3.05) is 19.7 Å². The van der Waals surface area contributed by atoms with Gasteiger partial charge in [-0.15, -0.1) is 0 Å². The summed E-state index contributed by atoms with van der Waals surface area (Å²) >= 11 is 0. The lowest BCUT2D eigenvalue weighted by atomic mass is 9.95. The number of amides is 2. The van der Waals surface area contributed by atoms with Crippen LogP contribution >= 0.6 is 0 Å². The summed E-state index contributed by atoms with van der Waals surface area (Å²) < 4.78 is 5.58. The molecule has 1 heterocycles. The van der Waals surface area contributed by atoms with Crippen LogP contribution in [-0.2, 0) is 14.3 Å². The number of benzene rings is 2. The number of nitrogens with zero attached hydrogens (tertiary/aromatic N) is 1. The first kappa shape index (κ1) is 22.8. The third-order valence-electron chi connectivity index (χ3n) is 6.86. The summed E-state index contributed by atoms with van der Waals surface area (Å²) in [6.45, 7) is 4.88. The second-order valence-corrected chi connectivity index (χ2v) is 9.01. The summed E-state index contributed by atoms with van der Waals surface area (Å²) in [5.74, 6) is -1.05. The van der Waals surface area contributed by atoms with Crippen molar-refractivity contribution in [3.05, 3.63) is 59.7 Å². The van der Waals surface area contributed by atoms with E-state index in [2.05, 4.69) is 29.6 Å². The topological polar surface area (TPSA) is 95.9 Å². The molecule has 4 rings (SSSR count). The van der Waals surface area contributed by atoms with Gasteiger partial charge in [0.2, 0.25) is 5.91 Å². The van der Waals surface area contributed by atoms with E-state index < -0.39 is 18.1 Å². The van der Waals surface area contributed by atoms with Gasteiger partial charge in [-0.2, -0.15) is 0 Å². The van der Waals surface area contributed by atoms with Crippen molar-refractivity contribution >= 4 is 18.0 Å². The summed E-state index contributed by atoms with van der Waals surface area (Å²) in [6, 6.07) is 15.5. The highest BCUT2D eigenvalue weighted by Gasteiger charge is 2.36. The number of likely N-dealkylation sites (tertiary alicyclic amines) is 1. The molecule has 174 valence electrons. The second kappa shape index (κ2) is 9.65. The number of carbonyl (C=O) groups is 3. The highest BCUT2D eigenvalue weighted by molar-refractivity contribution is 5.86. The van der Waals surface area contributed by atoms with E-state index in [1.54, 1.807) is 4.90 Å². The van der Waals surface area contributed by atoms with Crippen molar-refractivity contribution in [2.45, 2.75) is 38.6 Å². The van der Waals surface area contributed by atoms with Crippen molar-refractivity contribution in [2.24, 2.45) is 11.8 Å². The van der Waals surface area contributed by atoms with Crippen molar-refractivity contribution in [1.29, 1.82) is 0 Å². The molecule has 33 heavy (non-hydrogen) atoms. The molecule has 3 atom stereocenters. The van der Waals surface area contributed by atoms with Gasteiger partial charge in [0.1, 0.15) is 12.6 Å². The molecule has 2 amide bonds. The molecule has 7 nitrogen and oxygen atoms in total. The number of alkyl carbamates (subject to hydrolysis) is 1. The highest BCUT2D eigenvalue weighted by Crippen LogP contribution is 2.44. The van der Waals surface area contributed by atoms with E-state index in [1.165, 1.54) is 0 Å². The lowest BCUT2D eigenvalue weighted by Crippen LogP contribution is -2.48. The lowest BCUT2D eigenvalue weighted by molar-refractivity contribution is -0.138. The molecule has 2 N–H and O–H groups in total. The Morgan fingerprint density at radius 2 is 1.67 bits per heavy atom. The normalized spacial score (nSPS) is 20.1. The Balaban J connectivity index is 1.37. The standard InChI is InChI=1S/C26H30N2O5/c1-3-23(25(31)28-13-16(2)17(14-28)12-24(29)30)27-26(32)33-15-22-20-10-6-4-8-18(20)19-9-5-7-11-21(19)22/h4-11,16-17,22-23H,3,12-15H2,1-2H3,(H,27,32)(H,29,30)/t16-,17-,23-/m1/s1. The van der Waals surface area contributed by atoms with Crippen LogP contribution in [0, 0.1) is 11.8 Å². The van der Waals surface area contributed by atoms with Gasteiger partial charge < -0.3 is 20.1 Å². The zero-order valence-corrected chi connectivity index (χ0v) is 19.0. The Kier molecular flexibility index (Phi) is 6.67. The minimum atomic E-state index is -0.857. The average Bonchev–Trinajstić information content (AvgIpc) is 3.33. The molecule has 1 fully saturated rings. The zero-order valence-electron chi connectivity index (χ0n) is 19.0. The number of hydrogen-bond donors (Lipinski definition) is 2. The summed E-state index contributed by atoms with van der Waals surface area (Å²) in [4.78, 5) is 38.3. The fourth-order valence-electron chi connectivity index (χ4n) is 5.05. The van der Waals surface area contributed by atoms with Crippen LogP contribution in [0.25, 0.3) is 11.1 Å². The van der Waals surface area contributed by atoms with E-state index in [9.17, 15) is 14.4 Å². The number of carboxylic acids is 1. The molecule has 0 aromatic heterocycles. The molecule has 0 unspecified atom stereocenters. The summed E-state index contributed by atoms with van der Waals surface area (Å²) in [6.07, 6.45) is -0.148. The number of ether oxygens (including phenoxy) is 1. The number of aliphatic carboxylic acids is 1. The highest BCUT2D eigenvalue weighted by atomic mass is 16.5. The van der Waals surface area contributed by atoms with E-state index in [0.29, 0.717) is 19.5 Å². The molecule has 0 radical (unpaired) electrons. The number of carbonyl (C=O) groups excluding carboxylic acids is 2. The first-order valence-corrected chi connectivity index (χ1v) is 11.5. The summed E-state index contributed by atoms with van der Waals surface area (Å²) in [5.41, 5.74) is 4.57. The van der Waals surface area contributed by atoms with Gasteiger partial charge in [0.05, 0.1) is 6.42 Å². The Morgan fingerprint density at radius 3 is 2.24 bits per heavy atom. The number of nitrogens with one attached hydrogen (secondary N) is 1. The minimum Gasteiger partial charge on any atom is -0.481 e. The van der Waals surface area contributed by atoms with Crippen LogP contribution < -0.4 is 5.32 Å². The van der Waals surface area contributed by atoms with Crippen LogP contribution in [0.4, 0.5) is 4.79 Å². The lowest BCUT2D eigenvalue weighted by Gasteiger charge is -2.24. The largest absolute Gasteiger partial charge is 0.481 e. The molecule has 1 aliphatic carbocycles. The van der Waals surface area contributed by atoms with Gasteiger partial charge in [0, 0.05) is 19.0 Å². The Morgan fingerprint density at radius 1 is 1.06 bits per heavy atom. The molecular formula is C26H30N2O5. The van der Waals surface area contributed by atoms with Gasteiger partial charge in [-0.05, 0) is 40.5 Å². The number of fused-ring (bicyclic) bond motifs is 3. The second-order valence-electron chi connectivity index (χ2n) is 9.01. The van der Waals surface area contributed by atoms with Crippen molar-refractivity contribution in [1.82, 2.24) is 10.2 Å². The van der Waals surface area contributed by atoms with Crippen LogP contribution in [0.15, 0.2) is 48.5 Å². The number of carboxylic acid groups (broad SMARTS) is 1. The van der Waals surface area contributed by atoms with Crippen molar-refractivity contribution < 1.29 is 24.2 Å². The van der Waals surface area contributed by atoms with Crippen LogP contribution in [0.3, 0.4) is 0 Å². The fourth-order valence-corrected chi connectivity index (χ4v) is 5.05. The van der Waals surface area contributed by atoms with Crippen LogP contribution in [0.2, 0.25) is 0 Å². The summed E-state index contributed by atoms with van der Waals surface area (Å²) in [7, 11) is 0. The quantitative estimate of drug-likeness (QED) is 0.668. The summed E-state index contributed by atoms with van der Waals surface area (Å²) in [5, 5.41) is 11.8. The molecule has 0 bridgehead atoms. The van der Waals surface area contributed by atoms with Crippen LogP contribution in [0.1, 0.15) is 43.7 Å². The maximum absolute atomic E-state index is 13.0. The van der Waals surface area contributed by atoms with Gasteiger partial charge in [-0.25, -0.2) is 4.79 Å². The van der Waals surface area contributed by atoms with Gasteiger partial charge in [-0.3, -0.25) is 9.59 Å². The van der Waals surface area contributed by atoms with E-state index in [1.807, 2.05) is 38.1 Å². The van der Waals surface area contributed by atoms with Crippen molar-refractivity contribution in [3.63, 3.8) is 0 Å². The minimum absolute atomic E-state index is 0.0432. The van der Waals surface area contributed by atoms with Gasteiger partial charge >= 0.3 is 12.1 Å². The van der Waals surface area contributed by atoms with E-state index >= 15 is 0 Å². The Bertz CT molecular complexity index is 1010. The Hall–Kier alpha value is -3.35. The molecule has 0 spiro atoms. The molecule has 2 aromatic rings. The predicted octanol–water partition coefficient (Wildman–Crippen LogP) is 3.87. The Labute approximate surface area is 193 Å². The first-order chi connectivity index (χ1) is 15.9. The van der Waals surface area contributed by atoms with E-state index in [-0.39, 0.29) is 36.7 Å². The third kappa shape index (κ3) is 4.72. The SMILES string of the molecule is CC[C@@H](NC(=O)OCC1c2ccccc2-c2ccccc21)C(=O)N1C[C@@H](CC(=O)O)[C@H](C)C1. The molecular weight excluding hydrogens is 420 g/mol. The maximum Gasteiger partial charge on any atom is 0.407 e. The van der Waals surface area contributed by atoms with Crippen LogP contribution in [0.5, 0.6) is 0 Å². The van der Waals surface area contributed by atoms with Gasteiger partial charge in [0.15, 0.2) is 0 Å². The zero-order chi connectivity index (χ0) is 23.5. The van der Waals surface area contributed by atoms with Gasteiger partial charge in [-0.1, -0.05) is 62.4 Å². The smallest absolute Gasteiger partial charge is 0.407 e. The maximum atomic E-state index is 13.0. The fraction of sp³-hybridized carbons (Fsp3) is 0.423. The molecule has 2 aromatic carbocycles. The molecule has 0 saturated carbocycles. The molecule has 1 saturated heterocycles. The van der Waals surface area contributed by atoms with Gasteiger partial charge in [0.25, 0.3) is 0 Å². The average molecular weight is 451 g/mol. The predicted molar refractivity (Wildman–Crippen MR) is 124 cm³/mol. The number of hydrogen-bond acceptors (Lipinski definition) is 4. The first-order valence-electron chi connectivity index (χ1n) is 11.5. The van der Waals surface area contributed by atoms with Crippen LogP contribution in [-0.4, -0.2) is 53.7 Å². The molecule has 7 heteroatoms. The molecule has 1 aliphatic heterocycles. The van der Waals surface area contributed by atoms with Crippen molar-refractivity contribution in [3.8, 4) is 11.1 Å². The third-order valence-corrected chi connectivity index (χ3v) is 6.86. The monoisotopic (exact) mass is 450 g/mol. The van der Waals surface area contributed by atoms with E-state index in [0.717, 1.165) is 22.3 Å². The molecule has 2 aliphatic rings. The number of rotatable bonds is 7. The van der Waals surface area contributed by atoms with E-state index in [4.69, 9.17) is 9.84 Å².